The average Bonchev–Trinajstić information content (AvgIpc) is 2.36. The molecule has 1 aliphatic rings. The molecule has 20 heavy (non-hydrogen) atoms. The molecule has 0 aromatic carbocycles. The first kappa shape index (κ1) is 17.5. The summed E-state index contributed by atoms with van der Waals surface area (Å²) in [6.07, 6.45) is 14.0. The van der Waals surface area contributed by atoms with Gasteiger partial charge in [-0.2, -0.15) is 0 Å². The summed E-state index contributed by atoms with van der Waals surface area (Å²) in [6.45, 7) is 12.4. The van der Waals surface area contributed by atoms with E-state index in [1.807, 2.05) is 0 Å². The zero-order chi connectivity index (χ0) is 15.0. The topological polar surface area (TPSA) is 12.0 Å². The van der Waals surface area contributed by atoms with Crippen LogP contribution in [-0.4, -0.2) is 13.6 Å². The molecule has 0 spiro atoms. The molecule has 1 unspecified atom stereocenters. The van der Waals surface area contributed by atoms with Crippen LogP contribution in [-0.2, 0) is 0 Å². The summed E-state index contributed by atoms with van der Waals surface area (Å²) in [7, 11) is 2.07. The van der Waals surface area contributed by atoms with E-state index in [0.29, 0.717) is 11.3 Å². The maximum atomic E-state index is 4.30. The number of allylic oxidation sites excluding steroid dienone is 3. The smallest absolute Gasteiger partial charge is 0.000799 e. The Kier molecular flexibility index (Phi) is 7.58. The van der Waals surface area contributed by atoms with Gasteiger partial charge in [0.15, 0.2) is 0 Å². The Morgan fingerprint density at radius 1 is 1.35 bits per heavy atom. The Hall–Kier alpha value is -0.560. The summed E-state index contributed by atoms with van der Waals surface area (Å²) >= 11 is 0. The summed E-state index contributed by atoms with van der Waals surface area (Å²) < 4.78 is 0. The van der Waals surface area contributed by atoms with E-state index in [-0.39, 0.29) is 0 Å². The molecule has 1 atom stereocenters. The van der Waals surface area contributed by atoms with Crippen molar-refractivity contribution in [2.45, 2.75) is 65.7 Å². The van der Waals surface area contributed by atoms with E-state index in [2.05, 4.69) is 51.9 Å². The Labute approximate surface area is 126 Å². The number of rotatable bonds is 10. The molecule has 0 saturated heterocycles. The van der Waals surface area contributed by atoms with Gasteiger partial charge in [0.1, 0.15) is 0 Å². The molecule has 0 radical (unpaired) electrons. The minimum Gasteiger partial charge on any atom is -0.319 e. The molecule has 1 heteroatoms. The maximum absolute atomic E-state index is 4.30. The van der Waals surface area contributed by atoms with Gasteiger partial charge in [-0.25, -0.2) is 0 Å². The Morgan fingerprint density at radius 2 is 2.05 bits per heavy atom. The van der Waals surface area contributed by atoms with Crippen molar-refractivity contribution in [3.8, 4) is 0 Å². The van der Waals surface area contributed by atoms with Gasteiger partial charge in [-0.15, -0.1) is 0 Å². The van der Waals surface area contributed by atoms with Crippen molar-refractivity contribution >= 4 is 0 Å². The molecule has 1 N–H and O–H groups in total. The van der Waals surface area contributed by atoms with E-state index in [1.165, 1.54) is 50.5 Å². The summed E-state index contributed by atoms with van der Waals surface area (Å²) in [6, 6.07) is 0. The van der Waals surface area contributed by atoms with E-state index in [4.69, 9.17) is 0 Å². The van der Waals surface area contributed by atoms with E-state index in [9.17, 15) is 0 Å². The second-order valence-corrected chi connectivity index (χ2v) is 7.13. The largest absolute Gasteiger partial charge is 0.319 e. The predicted octanol–water partition coefficient (Wildman–Crippen LogP) is 5.34. The van der Waals surface area contributed by atoms with Gasteiger partial charge in [0.25, 0.3) is 0 Å². The molecule has 1 saturated carbocycles. The van der Waals surface area contributed by atoms with Gasteiger partial charge in [-0.1, -0.05) is 64.3 Å². The molecule has 0 aliphatic heterocycles. The van der Waals surface area contributed by atoms with Crippen LogP contribution in [0.1, 0.15) is 65.7 Å². The lowest BCUT2D eigenvalue weighted by molar-refractivity contribution is 0.135. The van der Waals surface area contributed by atoms with Gasteiger partial charge in [0.2, 0.25) is 0 Å². The molecule has 1 fully saturated rings. The van der Waals surface area contributed by atoms with Gasteiger partial charge in [-0.3, -0.25) is 0 Å². The SMILES string of the molecule is C=C(/C=C\C(CCCC)C(C)C)CC1(CNC)CCC1. The number of unbranched alkanes of at least 4 members (excludes halogenated alkanes) is 1. The lowest BCUT2D eigenvalue weighted by Crippen LogP contribution is -2.38. The minimum atomic E-state index is 0.507. The number of nitrogens with one attached hydrogen (secondary N) is 1. The lowest BCUT2D eigenvalue weighted by Gasteiger charge is -2.42. The predicted molar refractivity (Wildman–Crippen MR) is 91.0 cm³/mol. The third-order valence-electron chi connectivity index (χ3n) is 4.89. The van der Waals surface area contributed by atoms with Crippen LogP contribution < -0.4 is 5.32 Å². The highest BCUT2D eigenvalue weighted by atomic mass is 14.8. The summed E-state index contributed by atoms with van der Waals surface area (Å²) in [5, 5.41) is 3.36. The zero-order valence-corrected chi connectivity index (χ0v) is 14.2. The zero-order valence-electron chi connectivity index (χ0n) is 14.2. The van der Waals surface area contributed by atoms with Gasteiger partial charge in [0.05, 0.1) is 0 Å². The molecule has 1 aliphatic carbocycles. The summed E-state index contributed by atoms with van der Waals surface area (Å²) in [5.41, 5.74) is 1.83. The van der Waals surface area contributed by atoms with E-state index in [1.54, 1.807) is 0 Å². The van der Waals surface area contributed by atoms with Crippen LogP contribution in [0.4, 0.5) is 0 Å². The van der Waals surface area contributed by atoms with Gasteiger partial charge in [-0.05, 0) is 50.0 Å². The van der Waals surface area contributed by atoms with Crippen LogP contribution in [0.2, 0.25) is 0 Å². The van der Waals surface area contributed by atoms with E-state index >= 15 is 0 Å². The van der Waals surface area contributed by atoms with Crippen LogP contribution >= 0.6 is 0 Å². The first-order valence-electron chi connectivity index (χ1n) is 8.53. The summed E-state index contributed by atoms with van der Waals surface area (Å²) in [5.74, 6) is 1.45. The molecule has 116 valence electrons. The Bertz CT molecular complexity index is 310. The molecular formula is C19H35N. The van der Waals surface area contributed by atoms with Crippen molar-refractivity contribution in [1.82, 2.24) is 5.32 Å². The highest BCUT2D eigenvalue weighted by molar-refractivity contribution is 5.18. The van der Waals surface area contributed by atoms with Crippen molar-refractivity contribution in [3.05, 3.63) is 24.3 Å². The number of hydrogen-bond acceptors (Lipinski definition) is 1. The molecule has 0 aromatic rings. The first-order chi connectivity index (χ1) is 9.53. The van der Waals surface area contributed by atoms with Gasteiger partial charge in [0, 0.05) is 6.54 Å². The van der Waals surface area contributed by atoms with Crippen LogP contribution in [0.3, 0.4) is 0 Å². The minimum absolute atomic E-state index is 0.507. The first-order valence-corrected chi connectivity index (χ1v) is 8.53. The normalized spacial score (nSPS) is 19.2. The Balaban J connectivity index is 2.48. The van der Waals surface area contributed by atoms with Crippen molar-refractivity contribution < 1.29 is 0 Å². The quantitative estimate of drug-likeness (QED) is 0.531. The summed E-state index contributed by atoms with van der Waals surface area (Å²) in [4.78, 5) is 0. The highest BCUT2D eigenvalue weighted by Gasteiger charge is 2.36. The van der Waals surface area contributed by atoms with Gasteiger partial charge < -0.3 is 5.32 Å². The second-order valence-electron chi connectivity index (χ2n) is 7.13. The number of hydrogen-bond donors (Lipinski definition) is 1. The van der Waals surface area contributed by atoms with Crippen LogP contribution in [0.15, 0.2) is 24.3 Å². The molecular weight excluding hydrogens is 242 g/mol. The van der Waals surface area contributed by atoms with Crippen molar-refractivity contribution in [3.63, 3.8) is 0 Å². The van der Waals surface area contributed by atoms with Crippen LogP contribution in [0, 0.1) is 17.3 Å². The average molecular weight is 277 g/mol. The molecule has 0 amide bonds. The molecule has 0 heterocycles. The van der Waals surface area contributed by atoms with E-state index in [0.717, 1.165) is 12.5 Å². The third-order valence-corrected chi connectivity index (χ3v) is 4.89. The standard InChI is InChI=1S/C19H35N/c1-6-7-9-18(16(2)3)11-10-17(4)14-19(15-20-5)12-8-13-19/h10-11,16,18,20H,4,6-9,12-15H2,1-3,5H3/b11-10-. The fourth-order valence-electron chi connectivity index (χ4n) is 3.36. The fraction of sp³-hybridized carbons (Fsp3) is 0.789. The van der Waals surface area contributed by atoms with Crippen molar-refractivity contribution in [1.29, 1.82) is 0 Å². The Morgan fingerprint density at radius 3 is 2.50 bits per heavy atom. The molecule has 0 bridgehead atoms. The molecule has 1 rings (SSSR count). The van der Waals surface area contributed by atoms with Gasteiger partial charge >= 0.3 is 0 Å². The highest BCUT2D eigenvalue weighted by Crippen LogP contribution is 2.45. The van der Waals surface area contributed by atoms with Crippen molar-refractivity contribution in [2.75, 3.05) is 13.6 Å². The van der Waals surface area contributed by atoms with Crippen LogP contribution in [0.25, 0.3) is 0 Å². The fourth-order valence-corrected chi connectivity index (χ4v) is 3.36. The maximum Gasteiger partial charge on any atom is 0.000799 e. The molecule has 0 aromatic heterocycles. The van der Waals surface area contributed by atoms with Crippen LogP contribution in [0.5, 0.6) is 0 Å². The van der Waals surface area contributed by atoms with Crippen molar-refractivity contribution in [2.24, 2.45) is 17.3 Å². The monoisotopic (exact) mass is 277 g/mol. The molecule has 1 nitrogen and oxygen atoms in total. The lowest BCUT2D eigenvalue weighted by atomic mass is 9.65. The second kappa shape index (κ2) is 8.67. The van der Waals surface area contributed by atoms with E-state index < -0.39 is 0 Å². The third kappa shape index (κ3) is 5.44.